The summed E-state index contributed by atoms with van der Waals surface area (Å²) >= 11 is 5.96. The molecule has 1 unspecified atom stereocenters. The van der Waals surface area contributed by atoms with Crippen molar-refractivity contribution in [1.82, 2.24) is 4.90 Å². The van der Waals surface area contributed by atoms with Crippen LogP contribution >= 0.6 is 11.6 Å². The molecule has 0 aliphatic carbocycles. The fraction of sp³-hybridized carbons (Fsp3) is 0.381. The second-order valence-electron chi connectivity index (χ2n) is 6.92. The summed E-state index contributed by atoms with van der Waals surface area (Å²) in [5.74, 6) is -2.22. The fourth-order valence-corrected chi connectivity index (χ4v) is 3.35. The molecule has 0 radical (unpaired) electrons. The van der Waals surface area contributed by atoms with Crippen molar-refractivity contribution in [2.45, 2.75) is 26.1 Å². The van der Waals surface area contributed by atoms with Crippen LogP contribution in [0.5, 0.6) is 0 Å². The number of carbonyl (C=O) groups excluding carboxylic acids is 1. The molecule has 1 atom stereocenters. The molecular weight excluding hydrogens is 407 g/mol. The van der Waals surface area contributed by atoms with Gasteiger partial charge in [-0.2, -0.15) is 0 Å². The van der Waals surface area contributed by atoms with Gasteiger partial charge in [0.2, 0.25) is 5.91 Å². The molecule has 4 nitrogen and oxygen atoms in total. The quantitative estimate of drug-likeness (QED) is 0.698. The lowest BCUT2D eigenvalue weighted by Crippen LogP contribution is -2.47. The molecule has 0 bridgehead atoms. The van der Waals surface area contributed by atoms with Crippen molar-refractivity contribution < 1.29 is 27.4 Å². The monoisotopic (exact) mass is 427 g/mol. The number of hydrogen-bond acceptors (Lipinski definition) is 3. The Morgan fingerprint density at radius 2 is 2.07 bits per heavy atom. The Balaban J connectivity index is 1.53. The number of aryl methyl sites for hydroxylation is 1. The van der Waals surface area contributed by atoms with Gasteiger partial charge < -0.3 is 14.4 Å². The topological polar surface area (TPSA) is 38.8 Å². The van der Waals surface area contributed by atoms with Crippen LogP contribution in [0.25, 0.3) is 0 Å². The lowest BCUT2D eigenvalue weighted by Gasteiger charge is -2.33. The SMILES string of the molecule is Cc1ccc(F)c(CC(=O)N2CCOC(COCc3ccc(F)cc3Cl)C2)c1F. The first-order valence-corrected chi connectivity index (χ1v) is 9.57. The van der Waals surface area contributed by atoms with Gasteiger partial charge in [-0.3, -0.25) is 4.79 Å². The van der Waals surface area contributed by atoms with Gasteiger partial charge in [-0.1, -0.05) is 23.7 Å². The highest BCUT2D eigenvalue weighted by atomic mass is 35.5. The second kappa shape index (κ2) is 9.61. The maximum atomic E-state index is 14.2. The highest BCUT2D eigenvalue weighted by Gasteiger charge is 2.26. The minimum Gasteiger partial charge on any atom is -0.374 e. The van der Waals surface area contributed by atoms with Crippen molar-refractivity contribution in [2.24, 2.45) is 0 Å². The van der Waals surface area contributed by atoms with Gasteiger partial charge in [-0.15, -0.1) is 0 Å². The lowest BCUT2D eigenvalue weighted by molar-refractivity contribution is -0.141. The number of amides is 1. The van der Waals surface area contributed by atoms with E-state index in [0.717, 1.165) is 6.07 Å². The zero-order valence-electron chi connectivity index (χ0n) is 15.9. The van der Waals surface area contributed by atoms with Crippen LogP contribution in [-0.4, -0.2) is 43.2 Å². The Hall–Kier alpha value is -2.09. The van der Waals surface area contributed by atoms with Gasteiger partial charge in [0.15, 0.2) is 0 Å². The third-order valence-corrected chi connectivity index (χ3v) is 5.13. The summed E-state index contributed by atoms with van der Waals surface area (Å²) in [6.07, 6.45) is -0.725. The van der Waals surface area contributed by atoms with Crippen molar-refractivity contribution in [3.05, 3.63) is 69.5 Å². The van der Waals surface area contributed by atoms with Crippen molar-refractivity contribution in [3.63, 3.8) is 0 Å². The smallest absolute Gasteiger partial charge is 0.227 e. The van der Waals surface area contributed by atoms with Gasteiger partial charge in [0.25, 0.3) is 0 Å². The van der Waals surface area contributed by atoms with Gasteiger partial charge in [-0.25, -0.2) is 13.2 Å². The van der Waals surface area contributed by atoms with Crippen LogP contribution < -0.4 is 0 Å². The number of benzene rings is 2. The first-order chi connectivity index (χ1) is 13.8. The molecule has 1 aliphatic rings. The summed E-state index contributed by atoms with van der Waals surface area (Å²) in [5, 5.41) is 0.272. The van der Waals surface area contributed by atoms with Crippen LogP contribution in [0.3, 0.4) is 0 Å². The molecule has 3 rings (SSSR count). The summed E-state index contributed by atoms with van der Waals surface area (Å²) < 4.78 is 52.4. The summed E-state index contributed by atoms with van der Waals surface area (Å²) in [4.78, 5) is 14.1. The third kappa shape index (κ3) is 5.50. The Labute approximate surface area is 172 Å². The first kappa shape index (κ1) is 21.6. The van der Waals surface area contributed by atoms with E-state index in [1.165, 1.54) is 30.0 Å². The highest BCUT2D eigenvalue weighted by molar-refractivity contribution is 6.31. The van der Waals surface area contributed by atoms with E-state index in [1.807, 2.05) is 0 Å². The van der Waals surface area contributed by atoms with E-state index < -0.39 is 17.5 Å². The van der Waals surface area contributed by atoms with Crippen molar-refractivity contribution in [1.29, 1.82) is 0 Å². The van der Waals surface area contributed by atoms with Crippen LogP contribution in [-0.2, 0) is 27.3 Å². The second-order valence-corrected chi connectivity index (χ2v) is 7.32. The predicted octanol–water partition coefficient (Wildman–Crippen LogP) is 4.05. The molecule has 0 saturated carbocycles. The molecule has 0 N–H and O–H groups in total. The summed E-state index contributed by atoms with van der Waals surface area (Å²) in [5.41, 5.74) is 0.712. The highest BCUT2D eigenvalue weighted by Crippen LogP contribution is 2.20. The average molecular weight is 428 g/mol. The van der Waals surface area contributed by atoms with E-state index in [0.29, 0.717) is 24.3 Å². The van der Waals surface area contributed by atoms with Gasteiger partial charge in [0.05, 0.1) is 32.3 Å². The summed E-state index contributed by atoms with van der Waals surface area (Å²) in [6.45, 7) is 2.80. The number of hydrogen-bond donors (Lipinski definition) is 0. The minimum atomic E-state index is -0.731. The predicted molar refractivity (Wildman–Crippen MR) is 102 cm³/mol. The van der Waals surface area contributed by atoms with Crippen LogP contribution in [0.1, 0.15) is 16.7 Å². The first-order valence-electron chi connectivity index (χ1n) is 9.19. The maximum Gasteiger partial charge on any atom is 0.227 e. The van der Waals surface area contributed by atoms with E-state index in [9.17, 15) is 18.0 Å². The summed E-state index contributed by atoms with van der Waals surface area (Å²) in [6, 6.07) is 6.55. The van der Waals surface area contributed by atoms with E-state index >= 15 is 0 Å². The van der Waals surface area contributed by atoms with Gasteiger partial charge in [0, 0.05) is 23.7 Å². The number of rotatable bonds is 6. The summed E-state index contributed by atoms with van der Waals surface area (Å²) in [7, 11) is 0. The largest absolute Gasteiger partial charge is 0.374 e. The Bertz CT molecular complexity index is 894. The van der Waals surface area contributed by atoms with Crippen LogP contribution in [0.2, 0.25) is 5.02 Å². The molecule has 0 spiro atoms. The molecule has 1 amide bonds. The number of nitrogens with zero attached hydrogens (tertiary/aromatic N) is 1. The molecule has 0 aromatic heterocycles. The number of ether oxygens (including phenoxy) is 2. The average Bonchev–Trinajstić information content (AvgIpc) is 2.70. The van der Waals surface area contributed by atoms with E-state index in [2.05, 4.69) is 0 Å². The van der Waals surface area contributed by atoms with E-state index in [4.69, 9.17) is 21.1 Å². The molecule has 1 heterocycles. The zero-order chi connectivity index (χ0) is 21.0. The van der Waals surface area contributed by atoms with Crippen LogP contribution in [0.15, 0.2) is 30.3 Å². The van der Waals surface area contributed by atoms with Crippen LogP contribution in [0, 0.1) is 24.4 Å². The Morgan fingerprint density at radius 3 is 2.83 bits per heavy atom. The van der Waals surface area contributed by atoms with Crippen molar-refractivity contribution in [3.8, 4) is 0 Å². The molecule has 2 aromatic carbocycles. The fourth-order valence-electron chi connectivity index (χ4n) is 3.13. The number of halogens is 4. The van der Waals surface area contributed by atoms with E-state index in [1.54, 1.807) is 6.07 Å². The molecule has 1 saturated heterocycles. The van der Waals surface area contributed by atoms with Crippen molar-refractivity contribution in [2.75, 3.05) is 26.3 Å². The van der Waals surface area contributed by atoms with Gasteiger partial charge in [-0.05, 0) is 36.2 Å². The Morgan fingerprint density at radius 1 is 1.28 bits per heavy atom. The zero-order valence-corrected chi connectivity index (χ0v) is 16.6. The molecular formula is C21H21ClF3NO3. The normalized spacial score (nSPS) is 16.9. The van der Waals surface area contributed by atoms with Crippen LogP contribution in [0.4, 0.5) is 13.2 Å². The maximum absolute atomic E-state index is 14.2. The van der Waals surface area contributed by atoms with Crippen molar-refractivity contribution >= 4 is 17.5 Å². The molecule has 1 fully saturated rings. The molecule has 156 valence electrons. The van der Waals surface area contributed by atoms with E-state index in [-0.39, 0.29) is 48.8 Å². The molecule has 29 heavy (non-hydrogen) atoms. The number of carbonyl (C=O) groups is 1. The standard InChI is InChI=1S/C21H21ClF3NO3/c1-13-2-5-19(24)17(21(13)25)9-20(27)26-6-7-29-16(10-26)12-28-11-14-3-4-15(23)8-18(14)22/h2-5,8,16H,6-7,9-12H2,1H3. The minimum absolute atomic E-state index is 0.173. The number of morpholine rings is 1. The van der Waals surface area contributed by atoms with Gasteiger partial charge >= 0.3 is 0 Å². The lowest BCUT2D eigenvalue weighted by atomic mass is 10.1. The molecule has 2 aromatic rings. The third-order valence-electron chi connectivity index (χ3n) is 4.78. The Kier molecular flexibility index (Phi) is 7.16. The molecule has 1 aliphatic heterocycles. The molecule has 8 heteroatoms. The van der Waals surface area contributed by atoms with Gasteiger partial charge in [0.1, 0.15) is 17.5 Å².